The van der Waals surface area contributed by atoms with Crippen molar-refractivity contribution in [2.24, 2.45) is 0 Å². The van der Waals surface area contributed by atoms with Crippen LogP contribution in [-0.4, -0.2) is 91.7 Å². The smallest absolute Gasteiger partial charge is 0.414 e. The van der Waals surface area contributed by atoms with Gasteiger partial charge in [-0.15, -0.1) is 0 Å². The number of ether oxygens (including phenoxy) is 5. The number of carbonyl (C=O) groups is 4. The summed E-state index contributed by atoms with van der Waals surface area (Å²) in [5.41, 5.74) is 1.41. The van der Waals surface area contributed by atoms with Gasteiger partial charge in [0, 0.05) is 18.2 Å². The van der Waals surface area contributed by atoms with Crippen LogP contribution in [0.5, 0.6) is 17.2 Å². The van der Waals surface area contributed by atoms with Gasteiger partial charge in [-0.1, -0.05) is 48.5 Å². The van der Waals surface area contributed by atoms with E-state index in [0.29, 0.717) is 34.9 Å². The summed E-state index contributed by atoms with van der Waals surface area (Å²) >= 11 is 0. The van der Waals surface area contributed by atoms with Crippen LogP contribution < -0.4 is 14.2 Å². The summed E-state index contributed by atoms with van der Waals surface area (Å²) in [5.74, 6) is -2.68. The van der Waals surface area contributed by atoms with Gasteiger partial charge >= 0.3 is 23.9 Å². The van der Waals surface area contributed by atoms with E-state index in [4.69, 9.17) is 43.5 Å². The molecule has 0 unspecified atom stereocenters. The lowest BCUT2D eigenvalue weighted by Crippen LogP contribution is -2.45. The second-order valence-corrected chi connectivity index (χ2v) is 13.5. The third-order valence-corrected chi connectivity index (χ3v) is 10.3. The molecule has 2 aliphatic carbocycles. The van der Waals surface area contributed by atoms with Crippen molar-refractivity contribution in [3.63, 3.8) is 0 Å². The standard InChI is InChI=1S/C40H45NO7.C2H2O4/c1-41(29-14-18-31(19-15-29)47-37(42)22-13-26-23-35(44-2)39(46-4)36(24-26)45-3)30-16-20-32(21-17-30)48-40(43)38-33-11-7-5-9-27(33)25-28-10-6-8-12-34(28)38;3-1(4)2(5)6/h5-13,22-25,29-32H,14-21H2,1-4H3;(H,3,4)(H,5,6)/b22-13+;. The summed E-state index contributed by atoms with van der Waals surface area (Å²) in [6.45, 7) is 0. The molecule has 4 aromatic rings. The molecule has 0 aliphatic heterocycles. The Morgan fingerprint density at radius 2 is 1.11 bits per heavy atom. The van der Waals surface area contributed by atoms with Crippen molar-refractivity contribution in [1.82, 2.24) is 4.90 Å². The van der Waals surface area contributed by atoms with Gasteiger partial charge in [0.2, 0.25) is 5.75 Å². The molecule has 12 nitrogen and oxygen atoms in total. The molecule has 2 saturated carbocycles. The molecule has 0 bridgehead atoms. The monoisotopic (exact) mass is 741 g/mol. The van der Waals surface area contributed by atoms with E-state index in [-0.39, 0.29) is 24.1 Å². The zero-order chi connectivity index (χ0) is 38.8. The van der Waals surface area contributed by atoms with Crippen LogP contribution in [0.1, 0.15) is 67.3 Å². The molecule has 2 aliphatic rings. The van der Waals surface area contributed by atoms with Crippen LogP contribution in [0.4, 0.5) is 0 Å². The highest BCUT2D eigenvalue weighted by atomic mass is 16.5. The van der Waals surface area contributed by atoms with Crippen LogP contribution in [0.25, 0.3) is 27.6 Å². The van der Waals surface area contributed by atoms with Crippen molar-refractivity contribution in [1.29, 1.82) is 0 Å². The number of hydrogen-bond acceptors (Lipinski definition) is 10. The van der Waals surface area contributed by atoms with Gasteiger partial charge in [-0.2, -0.15) is 0 Å². The number of carbonyl (C=O) groups excluding carboxylic acids is 2. The Labute approximate surface area is 314 Å². The lowest BCUT2D eigenvalue weighted by molar-refractivity contribution is -0.159. The molecule has 0 aromatic heterocycles. The van der Waals surface area contributed by atoms with Crippen LogP contribution in [-0.2, 0) is 23.9 Å². The van der Waals surface area contributed by atoms with Crippen LogP contribution in [0.2, 0.25) is 0 Å². The molecule has 6 rings (SSSR count). The Morgan fingerprint density at radius 3 is 1.56 bits per heavy atom. The number of esters is 2. The molecule has 12 heteroatoms. The van der Waals surface area contributed by atoms with E-state index >= 15 is 0 Å². The molecule has 286 valence electrons. The third kappa shape index (κ3) is 9.67. The highest BCUT2D eigenvalue weighted by Gasteiger charge is 2.33. The number of hydrogen-bond donors (Lipinski definition) is 2. The van der Waals surface area contributed by atoms with Crippen molar-refractivity contribution >= 4 is 51.5 Å². The van der Waals surface area contributed by atoms with Gasteiger partial charge < -0.3 is 38.8 Å². The highest BCUT2D eigenvalue weighted by molar-refractivity contribution is 6.27. The number of nitrogens with zero attached hydrogens (tertiary/aromatic N) is 1. The molecule has 0 heterocycles. The van der Waals surface area contributed by atoms with E-state index in [1.54, 1.807) is 39.5 Å². The molecule has 2 N–H and O–H groups in total. The fourth-order valence-corrected chi connectivity index (χ4v) is 7.45. The van der Waals surface area contributed by atoms with Crippen LogP contribution >= 0.6 is 0 Å². The summed E-state index contributed by atoms with van der Waals surface area (Å²) in [4.78, 5) is 47.0. The second-order valence-electron chi connectivity index (χ2n) is 13.5. The van der Waals surface area contributed by atoms with Crippen molar-refractivity contribution in [2.45, 2.75) is 75.7 Å². The second kappa shape index (κ2) is 18.4. The first kappa shape index (κ1) is 39.6. The first-order valence-electron chi connectivity index (χ1n) is 18.0. The minimum atomic E-state index is -1.82. The maximum Gasteiger partial charge on any atom is 0.414 e. The number of benzene rings is 4. The lowest BCUT2D eigenvalue weighted by atomic mass is 9.87. The molecule has 0 atom stereocenters. The number of fused-ring (bicyclic) bond motifs is 2. The number of rotatable bonds is 10. The minimum Gasteiger partial charge on any atom is -0.493 e. The van der Waals surface area contributed by atoms with Gasteiger partial charge in [0.1, 0.15) is 12.2 Å². The van der Waals surface area contributed by atoms with Crippen molar-refractivity contribution in [3.05, 3.63) is 83.9 Å². The van der Waals surface area contributed by atoms with Crippen LogP contribution in [0.15, 0.2) is 72.8 Å². The third-order valence-electron chi connectivity index (χ3n) is 10.3. The normalized spacial score (nSPS) is 19.8. The predicted octanol–water partition coefficient (Wildman–Crippen LogP) is 7.14. The summed E-state index contributed by atoms with van der Waals surface area (Å²) in [6, 6.07) is 22.7. The first-order chi connectivity index (χ1) is 26.0. The molecule has 2 fully saturated rings. The topological polar surface area (TPSA) is 158 Å². The van der Waals surface area contributed by atoms with Crippen molar-refractivity contribution < 1.29 is 53.1 Å². The van der Waals surface area contributed by atoms with E-state index in [1.165, 1.54) is 6.08 Å². The van der Waals surface area contributed by atoms with Crippen LogP contribution in [0.3, 0.4) is 0 Å². The summed E-state index contributed by atoms with van der Waals surface area (Å²) in [6.07, 6.45) is 10.3. The fraction of sp³-hybridized carbons (Fsp3) is 0.381. The summed E-state index contributed by atoms with van der Waals surface area (Å²) in [5, 5.41) is 18.7. The Bertz CT molecular complexity index is 1900. The molecular formula is C42H47NO11. The number of carboxylic acids is 2. The Hall–Kier alpha value is -5.62. The molecule has 0 spiro atoms. The summed E-state index contributed by atoms with van der Waals surface area (Å²) < 4.78 is 28.2. The van der Waals surface area contributed by atoms with Gasteiger partial charge in [-0.05, 0) is 110 Å². The predicted molar refractivity (Wildman–Crippen MR) is 203 cm³/mol. The Kier molecular flexibility index (Phi) is 13.5. The van der Waals surface area contributed by atoms with Gasteiger partial charge in [0.15, 0.2) is 11.5 Å². The van der Waals surface area contributed by atoms with E-state index in [2.05, 4.69) is 18.0 Å². The SMILES string of the molecule is COc1cc(/C=C/C(=O)OC2CCC(N(C)C3CCC(OC(=O)c4c5ccccc5cc5ccccc45)CC3)CC2)cc(OC)c1OC.O=C(O)C(=O)O. The zero-order valence-corrected chi connectivity index (χ0v) is 31.0. The maximum atomic E-state index is 13.6. The van der Waals surface area contributed by atoms with Gasteiger partial charge in [-0.3, -0.25) is 0 Å². The van der Waals surface area contributed by atoms with Crippen molar-refractivity contribution in [3.8, 4) is 17.2 Å². The Morgan fingerprint density at radius 1 is 0.648 bits per heavy atom. The quantitative estimate of drug-likeness (QED) is 0.0734. The van der Waals surface area contributed by atoms with E-state index in [9.17, 15) is 9.59 Å². The molecule has 4 aromatic carbocycles. The van der Waals surface area contributed by atoms with E-state index < -0.39 is 11.9 Å². The molecule has 0 saturated heterocycles. The van der Waals surface area contributed by atoms with Gasteiger partial charge in [-0.25, -0.2) is 19.2 Å². The average molecular weight is 742 g/mol. The Balaban J connectivity index is 0.000000864. The van der Waals surface area contributed by atoms with Crippen LogP contribution in [0, 0.1) is 0 Å². The molecular weight excluding hydrogens is 694 g/mol. The summed E-state index contributed by atoms with van der Waals surface area (Å²) in [7, 11) is 6.89. The first-order valence-corrected chi connectivity index (χ1v) is 18.0. The number of carboxylic acid groups (broad SMARTS) is 2. The molecule has 0 radical (unpaired) electrons. The number of aliphatic carboxylic acids is 2. The molecule has 54 heavy (non-hydrogen) atoms. The van der Waals surface area contributed by atoms with Crippen molar-refractivity contribution in [2.75, 3.05) is 28.4 Å². The van der Waals surface area contributed by atoms with E-state index in [1.807, 2.05) is 48.5 Å². The fourth-order valence-electron chi connectivity index (χ4n) is 7.45. The minimum absolute atomic E-state index is 0.0804. The zero-order valence-electron chi connectivity index (χ0n) is 31.0. The van der Waals surface area contributed by atoms with E-state index in [0.717, 1.165) is 78.5 Å². The van der Waals surface area contributed by atoms with Gasteiger partial charge in [0.25, 0.3) is 0 Å². The highest BCUT2D eigenvalue weighted by Crippen LogP contribution is 2.39. The van der Waals surface area contributed by atoms with Gasteiger partial charge in [0.05, 0.1) is 26.9 Å². The largest absolute Gasteiger partial charge is 0.493 e. The lowest BCUT2D eigenvalue weighted by Gasteiger charge is -2.41. The molecule has 0 amide bonds. The average Bonchev–Trinajstić information content (AvgIpc) is 3.19. The number of methoxy groups -OCH3 is 3. The maximum absolute atomic E-state index is 13.6.